The molecule has 4 rings (SSSR count). The van der Waals surface area contributed by atoms with Crippen molar-refractivity contribution in [2.45, 2.75) is 19.0 Å². The number of fused-ring (bicyclic) bond motifs is 2. The van der Waals surface area contributed by atoms with Gasteiger partial charge < -0.3 is 15.2 Å². The van der Waals surface area contributed by atoms with Crippen LogP contribution >= 0.6 is 0 Å². The molecule has 1 aromatic heterocycles. The second kappa shape index (κ2) is 5.84. The Morgan fingerprint density at radius 3 is 2.87 bits per heavy atom. The first-order valence-electron chi connectivity index (χ1n) is 8.27. The van der Waals surface area contributed by atoms with Crippen molar-refractivity contribution < 1.29 is 0 Å². The van der Waals surface area contributed by atoms with Crippen LogP contribution in [0.4, 0.5) is 0 Å². The number of aromatic nitrogens is 1. The average Bonchev–Trinajstić information content (AvgIpc) is 2.98. The van der Waals surface area contributed by atoms with E-state index in [-0.39, 0.29) is 0 Å². The van der Waals surface area contributed by atoms with Crippen molar-refractivity contribution >= 4 is 10.9 Å². The van der Waals surface area contributed by atoms with Gasteiger partial charge in [0.15, 0.2) is 0 Å². The zero-order chi connectivity index (χ0) is 15.8. The van der Waals surface area contributed by atoms with Crippen LogP contribution in [0.3, 0.4) is 0 Å². The molecule has 0 fully saturated rings. The lowest BCUT2D eigenvalue weighted by molar-refractivity contribution is 0.293. The maximum atomic E-state index is 3.63. The van der Waals surface area contributed by atoms with Gasteiger partial charge in [-0.1, -0.05) is 36.4 Å². The third-order valence-corrected chi connectivity index (χ3v) is 4.82. The molecular formula is C20H23N3. The molecule has 2 aromatic carbocycles. The zero-order valence-corrected chi connectivity index (χ0v) is 13.8. The van der Waals surface area contributed by atoms with Crippen LogP contribution < -0.4 is 5.32 Å². The number of H-pyrrole nitrogens is 1. The quantitative estimate of drug-likeness (QED) is 0.776. The van der Waals surface area contributed by atoms with Crippen molar-refractivity contribution in [1.29, 1.82) is 0 Å². The number of para-hydroxylation sites is 1. The van der Waals surface area contributed by atoms with Gasteiger partial charge in [0.25, 0.3) is 0 Å². The molecule has 3 nitrogen and oxygen atoms in total. The van der Waals surface area contributed by atoms with Crippen LogP contribution in [0.2, 0.25) is 0 Å². The molecule has 0 aliphatic carbocycles. The second-order valence-corrected chi connectivity index (χ2v) is 6.62. The number of nitrogens with zero attached hydrogens (tertiary/aromatic N) is 1. The Kier molecular flexibility index (Phi) is 3.68. The van der Waals surface area contributed by atoms with E-state index in [0.717, 1.165) is 19.6 Å². The van der Waals surface area contributed by atoms with Crippen molar-refractivity contribution in [3.05, 3.63) is 70.9 Å². The molecule has 2 heterocycles. The van der Waals surface area contributed by atoms with E-state index in [0.29, 0.717) is 5.92 Å². The minimum absolute atomic E-state index is 0.416. The molecule has 3 aromatic rings. The van der Waals surface area contributed by atoms with Crippen LogP contribution in [0.5, 0.6) is 0 Å². The maximum Gasteiger partial charge on any atom is 0.0456 e. The SMILES string of the molecule is CNCc1ccc2c(c1)CN(C)CC2c1cc2ccccc2[nH]1. The first kappa shape index (κ1) is 14.5. The number of benzene rings is 2. The molecule has 3 heteroatoms. The van der Waals surface area contributed by atoms with Gasteiger partial charge in [-0.2, -0.15) is 0 Å². The van der Waals surface area contributed by atoms with E-state index >= 15 is 0 Å². The van der Waals surface area contributed by atoms with Gasteiger partial charge >= 0.3 is 0 Å². The summed E-state index contributed by atoms with van der Waals surface area (Å²) < 4.78 is 0. The summed E-state index contributed by atoms with van der Waals surface area (Å²) in [6.07, 6.45) is 0. The molecule has 0 radical (unpaired) electrons. The van der Waals surface area contributed by atoms with Crippen LogP contribution in [0, 0.1) is 0 Å². The molecule has 0 spiro atoms. The number of aromatic amines is 1. The Bertz CT molecular complexity index is 801. The van der Waals surface area contributed by atoms with Crippen LogP contribution in [0.25, 0.3) is 10.9 Å². The summed E-state index contributed by atoms with van der Waals surface area (Å²) in [7, 11) is 4.21. The molecule has 2 N–H and O–H groups in total. The maximum absolute atomic E-state index is 3.63. The highest BCUT2D eigenvalue weighted by molar-refractivity contribution is 5.80. The number of hydrogen-bond donors (Lipinski definition) is 2. The second-order valence-electron chi connectivity index (χ2n) is 6.62. The minimum Gasteiger partial charge on any atom is -0.358 e. The number of hydrogen-bond acceptors (Lipinski definition) is 2. The lowest BCUT2D eigenvalue weighted by atomic mass is 9.86. The van der Waals surface area contributed by atoms with Gasteiger partial charge in [-0.15, -0.1) is 0 Å². The van der Waals surface area contributed by atoms with Gasteiger partial charge in [-0.05, 0) is 48.3 Å². The normalized spacial score (nSPS) is 18.3. The monoisotopic (exact) mass is 305 g/mol. The fourth-order valence-corrected chi connectivity index (χ4v) is 3.76. The summed E-state index contributed by atoms with van der Waals surface area (Å²) in [6.45, 7) is 3.02. The molecule has 0 bridgehead atoms. The van der Waals surface area contributed by atoms with Gasteiger partial charge in [0.1, 0.15) is 0 Å². The number of rotatable bonds is 3. The molecular weight excluding hydrogens is 282 g/mol. The van der Waals surface area contributed by atoms with Gasteiger partial charge in [0.2, 0.25) is 0 Å². The lowest BCUT2D eigenvalue weighted by Crippen LogP contribution is -2.31. The van der Waals surface area contributed by atoms with E-state index in [9.17, 15) is 0 Å². The van der Waals surface area contributed by atoms with Gasteiger partial charge in [-0.25, -0.2) is 0 Å². The van der Waals surface area contributed by atoms with E-state index < -0.39 is 0 Å². The lowest BCUT2D eigenvalue weighted by Gasteiger charge is -2.32. The fraction of sp³-hybridized carbons (Fsp3) is 0.300. The highest BCUT2D eigenvalue weighted by Gasteiger charge is 2.26. The van der Waals surface area contributed by atoms with Crippen molar-refractivity contribution in [2.24, 2.45) is 0 Å². The molecule has 1 atom stereocenters. The van der Waals surface area contributed by atoms with E-state index in [1.54, 1.807) is 0 Å². The summed E-state index contributed by atoms with van der Waals surface area (Å²) in [5.74, 6) is 0.416. The molecule has 1 aliphatic heterocycles. The van der Waals surface area contributed by atoms with Gasteiger partial charge in [-0.3, -0.25) is 0 Å². The molecule has 0 saturated heterocycles. The number of likely N-dealkylation sites (N-methyl/N-ethyl adjacent to an activating group) is 1. The largest absolute Gasteiger partial charge is 0.358 e. The molecule has 1 unspecified atom stereocenters. The summed E-state index contributed by atoms with van der Waals surface area (Å²) in [5, 5.41) is 4.54. The summed E-state index contributed by atoms with van der Waals surface area (Å²) in [6, 6.07) is 17.8. The Hall–Kier alpha value is -2.10. The third kappa shape index (κ3) is 2.67. The Morgan fingerprint density at radius 2 is 2.04 bits per heavy atom. The molecule has 1 aliphatic rings. The highest BCUT2D eigenvalue weighted by atomic mass is 15.1. The summed E-state index contributed by atoms with van der Waals surface area (Å²) in [4.78, 5) is 6.05. The number of nitrogens with one attached hydrogen (secondary N) is 2. The van der Waals surface area contributed by atoms with Crippen LogP contribution in [0.1, 0.15) is 28.3 Å². The predicted octanol–water partition coefficient (Wildman–Crippen LogP) is 3.46. The van der Waals surface area contributed by atoms with Crippen LogP contribution in [0.15, 0.2) is 48.5 Å². The van der Waals surface area contributed by atoms with Crippen molar-refractivity contribution in [1.82, 2.24) is 15.2 Å². The average molecular weight is 305 g/mol. The smallest absolute Gasteiger partial charge is 0.0456 e. The first-order chi connectivity index (χ1) is 11.2. The summed E-state index contributed by atoms with van der Waals surface area (Å²) in [5.41, 5.74) is 6.83. The Balaban J connectivity index is 1.77. The van der Waals surface area contributed by atoms with Crippen LogP contribution in [-0.4, -0.2) is 30.5 Å². The topological polar surface area (TPSA) is 31.1 Å². The third-order valence-electron chi connectivity index (χ3n) is 4.82. The predicted molar refractivity (Wildman–Crippen MR) is 95.7 cm³/mol. The van der Waals surface area contributed by atoms with Crippen molar-refractivity contribution in [2.75, 3.05) is 20.6 Å². The summed E-state index contributed by atoms with van der Waals surface area (Å²) >= 11 is 0. The Labute approximate surface area is 137 Å². The molecule has 118 valence electrons. The van der Waals surface area contributed by atoms with Crippen LogP contribution in [-0.2, 0) is 13.1 Å². The van der Waals surface area contributed by atoms with E-state index in [2.05, 4.69) is 70.8 Å². The van der Waals surface area contributed by atoms with Crippen molar-refractivity contribution in [3.63, 3.8) is 0 Å². The van der Waals surface area contributed by atoms with Gasteiger partial charge in [0, 0.05) is 36.8 Å². The molecule has 23 heavy (non-hydrogen) atoms. The van der Waals surface area contributed by atoms with Gasteiger partial charge in [0.05, 0.1) is 0 Å². The van der Waals surface area contributed by atoms with E-state index in [1.165, 1.54) is 33.3 Å². The van der Waals surface area contributed by atoms with E-state index in [4.69, 9.17) is 0 Å². The fourth-order valence-electron chi connectivity index (χ4n) is 3.76. The first-order valence-corrected chi connectivity index (χ1v) is 8.27. The van der Waals surface area contributed by atoms with Crippen molar-refractivity contribution in [3.8, 4) is 0 Å². The molecule has 0 saturated carbocycles. The minimum atomic E-state index is 0.416. The highest BCUT2D eigenvalue weighted by Crippen LogP contribution is 2.34. The standard InChI is InChI=1S/C20H23N3/c1-21-11-14-7-8-17-16(9-14)12-23(2)13-18(17)20-10-15-5-3-4-6-19(15)22-20/h3-10,18,21-22H,11-13H2,1-2H3. The van der Waals surface area contributed by atoms with E-state index in [1.807, 2.05) is 7.05 Å². The molecule has 0 amide bonds. The zero-order valence-electron chi connectivity index (χ0n) is 13.8. The Morgan fingerprint density at radius 1 is 1.17 bits per heavy atom.